The van der Waals surface area contributed by atoms with Gasteiger partial charge >= 0.3 is 0 Å². The zero-order valence-corrected chi connectivity index (χ0v) is 15.0. The maximum Gasteiger partial charge on any atom is 0.224 e. The lowest BCUT2D eigenvalue weighted by Crippen LogP contribution is -2.35. The molecule has 2 heterocycles. The number of likely N-dealkylation sites (tertiary alicyclic amines) is 1. The van der Waals surface area contributed by atoms with Crippen LogP contribution in [0.3, 0.4) is 0 Å². The summed E-state index contributed by atoms with van der Waals surface area (Å²) in [5.41, 5.74) is 0. The molecular formula is C17H32ClN3O2. The summed E-state index contributed by atoms with van der Waals surface area (Å²) in [7, 11) is 0. The average Bonchev–Trinajstić information content (AvgIpc) is 2.83. The molecule has 2 rings (SSSR count). The first-order chi connectivity index (χ1) is 10.8. The molecule has 0 aromatic rings. The highest BCUT2D eigenvalue weighted by Gasteiger charge is 2.16. The van der Waals surface area contributed by atoms with E-state index in [9.17, 15) is 9.59 Å². The van der Waals surface area contributed by atoms with E-state index in [0.717, 1.165) is 45.4 Å². The number of carbonyl (C=O) groups is 2. The summed E-state index contributed by atoms with van der Waals surface area (Å²) in [6.45, 7) is 4.43. The Balaban J connectivity index is 0.00000264. The maximum absolute atomic E-state index is 12.1. The van der Waals surface area contributed by atoms with Gasteiger partial charge in [0.15, 0.2) is 0 Å². The Labute approximate surface area is 146 Å². The second-order valence-corrected chi connectivity index (χ2v) is 6.63. The van der Waals surface area contributed by atoms with Crippen LogP contribution in [-0.4, -0.2) is 49.4 Å². The fourth-order valence-corrected chi connectivity index (χ4v) is 3.38. The van der Waals surface area contributed by atoms with Crippen molar-refractivity contribution in [3.63, 3.8) is 0 Å². The van der Waals surface area contributed by atoms with Crippen LogP contribution in [0.4, 0.5) is 0 Å². The number of hydrogen-bond donors (Lipinski definition) is 2. The summed E-state index contributed by atoms with van der Waals surface area (Å²) in [5, 5.41) is 6.25. The van der Waals surface area contributed by atoms with Crippen LogP contribution in [-0.2, 0) is 9.59 Å². The molecule has 134 valence electrons. The summed E-state index contributed by atoms with van der Waals surface area (Å²) in [4.78, 5) is 25.9. The summed E-state index contributed by atoms with van der Waals surface area (Å²) in [6, 6.07) is 0. The molecule has 6 heteroatoms. The Kier molecular flexibility index (Phi) is 10.3. The van der Waals surface area contributed by atoms with Crippen molar-refractivity contribution in [2.24, 2.45) is 5.92 Å². The van der Waals surface area contributed by atoms with Crippen LogP contribution in [0.1, 0.15) is 57.8 Å². The van der Waals surface area contributed by atoms with Gasteiger partial charge in [-0.1, -0.05) is 12.8 Å². The van der Waals surface area contributed by atoms with Crippen LogP contribution in [0, 0.1) is 5.92 Å². The van der Waals surface area contributed by atoms with E-state index in [-0.39, 0.29) is 24.2 Å². The van der Waals surface area contributed by atoms with E-state index in [1.807, 2.05) is 4.90 Å². The fraction of sp³-hybridized carbons (Fsp3) is 0.882. The zero-order chi connectivity index (χ0) is 15.6. The highest BCUT2D eigenvalue weighted by molar-refractivity contribution is 5.85. The van der Waals surface area contributed by atoms with Gasteiger partial charge in [-0.3, -0.25) is 9.59 Å². The van der Waals surface area contributed by atoms with Crippen LogP contribution in [0.15, 0.2) is 0 Å². The highest BCUT2D eigenvalue weighted by Crippen LogP contribution is 2.17. The molecule has 23 heavy (non-hydrogen) atoms. The molecule has 2 saturated heterocycles. The molecule has 2 aliphatic rings. The molecule has 0 atom stereocenters. The minimum absolute atomic E-state index is 0. The van der Waals surface area contributed by atoms with Crippen molar-refractivity contribution in [1.29, 1.82) is 0 Å². The first-order valence-electron chi connectivity index (χ1n) is 9.01. The normalized spacial score (nSPS) is 19.6. The summed E-state index contributed by atoms with van der Waals surface area (Å²) in [6.07, 6.45) is 9.09. The number of rotatable bonds is 6. The molecule has 0 bridgehead atoms. The number of nitrogens with one attached hydrogen (secondary N) is 2. The predicted molar refractivity (Wildman–Crippen MR) is 94.8 cm³/mol. The van der Waals surface area contributed by atoms with E-state index in [0.29, 0.717) is 25.3 Å². The monoisotopic (exact) mass is 345 g/mol. The van der Waals surface area contributed by atoms with E-state index in [2.05, 4.69) is 10.6 Å². The number of amides is 2. The largest absolute Gasteiger partial charge is 0.356 e. The molecule has 0 aromatic heterocycles. The van der Waals surface area contributed by atoms with Gasteiger partial charge in [-0.25, -0.2) is 0 Å². The topological polar surface area (TPSA) is 61.4 Å². The van der Waals surface area contributed by atoms with Gasteiger partial charge in [0.2, 0.25) is 11.8 Å². The van der Waals surface area contributed by atoms with Crippen LogP contribution >= 0.6 is 12.4 Å². The standard InChI is InChI=1S/C17H31N3O2.ClH/c21-16(6-5-15-7-10-18-11-8-15)19-12-9-17(22)20-13-3-1-2-4-14-20;/h15,18H,1-14H2,(H,19,21);1H. The average molecular weight is 346 g/mol. The van der Waals surface area contributed by atoms with E-state index in [1.54, 1.807) is 0 Å². The van der Waals surface area contributed by atoms with Crippen LogP contribution < -0.4 is 10.6 Å². The van der Waals surface area contributed by atoms with E-state index >= 15 is 0 Å². The second kappa shape index (κ2) is 11.7. The minimum Gasteiger partial charge on any atom is -0.356 e. The SMILES string of the molecule is Cl.O=C(CCC1CCNCC1)NCCC(=O)N1CCCCCC1. The molecule has 5 nitrogen and oxygen atoms in total. The number of hydrogen-bond acceptors (Lipinski definition) is 3. The van der Waals surface area contributed by atoms with Crippen LogP contribution in [0.5, 0.6) is 0 Å². The smallest absolute Gasteiger partial charge is 0.224 e. The lowest BCUT2D eigenvalue weighted by Gasteiger charge is -2.22. The van der Waals surface area contributed by atoms with Crippen molar-refractivity contribution < 1.29 is 9.59 Å². The van der Waals surface area contributed by atoms with Gasteiger partial charge in [-0.15, -0.1) is 12.4 Å². The third kappa shape index (κ3) is 8.02. The van der Waals surface area contributed by atoms with Crippen LogP contribution in [0.2, 0.25) is 0 Å². The molecule has 2 amide bonds. The predicted octanol–water partition coefficient (Wildman–Crippen LogP) is 2.10. The Morgan fingerprint density at radius 3 is 2.30 bits per heavy atom. The molecule has 0 unspecified atom stereocenters. The van der Waals surface area contributed by atoms with Crippen molar-refractivity contribution in [2.75, 3.05) is 32.7 Å². The third-order valence-electron chi connectivity index (χ3n) is 4.86. The summed E-state index contributed by atoms with van der Waals surface area (Å²) >= 11 is 0. The minimum atomic E-state index is 0. The van der Waals surface area contributed by atoms with Crippen molar-refractivity contribution in [1.82, 2.24) is 15.5 Å². The molecule has 0 radical (unpaired) electrons. The molecule has 2 aliphatic heterocycles. The van der Waals surface area contributed by atoms with Gasteiger partial charge in [-0.2, -0.15) is 0 Å². The van der Waals surface area contributed by atoms with E-state index in [4.69, 9.17) is 0 Å². The first kappa shape index (κ1) is 20.2. The van der Waals surface area contributed by atoms with Crippen molar-refractivity contribution in [3.8, 4) is 0 Å². The number of halogens is 1. The van der Waals surface area contributed by atoms with Crippen molar-refractivity contribution in [2.45, 2.75) is 57.8 Å². The molecule has 2 fully saturated rings. The van der Waals surface area contributed by atoms with Gasteiger partial charge in [0.1, 0.15) is 0 Å². The van der Waals surface area contributed by atoms with Gasteiger partial charge < -0.3 is 15.5 Å². The fourth-order valence-electron chi connectivity index (χ4n) is 3.38. The van der Waals surface area contributed by atoms with Crippen molar-refractivity contribution in [3.05, 3.63) is 0 Å². The van der Waals surface area contributed by atoms with Gasteiger partial charge in [-0.05, 0) is 51.1 Å². The van der Waals surface area contributed by atoms with Gasteiger partial charge in [0, 0.05) is 32.5 Å². The lowest BCUT2D eigenvalue weighted by molar-refractivity contribution is -0.131. The molecule has 2 N–H and O–H groups in total. The Bertz CT molecular complexity index is 352. The maximum atomic E-state index is 12.1. The quantitative estimate of drug-likeness (QED) is 0.775. The molecular weight excluding hydrogens is 314 g/mol. The summed E-state index contributed by atoms with van der Waals surface area (Å²) < 4.78 is 0. The zero-order valence-electron chi connectivity index (χ0n) is 14.1. The van der Waals surface area contributed by atoms with Gasteiger partial charge in [0.05, 0.1) is 0 Å². The Morgan fingerprint density at radius 1 is 1.00 bits per heavy atom. The third-order valence-corrected chi connectivity index (χ3v) is 4.86. The molecule has 0 saturated carbocycles. The van der Waals surface area contributed by atoms with Gasteiger partial charge in [0.25, 0.3) is 0 Å². The van der Waals surface area contributed by atoms with Crippen molar-refractivity contribution >= 4 is 24.2 Å². The Hall–Kier alpha value is -0.810. The number of nitrogens with zero attached hydrogens (tertiary/aromatic N) is 1. The lowest BCUT2D eigenvalue weighted by atomic mass is 9.93. The second-order valence-electron chi connectivity index (χ2n) is 6.63. The highest BCUT2D eigenvalue weighted by atomic mass is 35.5. The molecule has 0 spiro atoms. The molecule has 0 aliphatic carbocycles. The number of piperidine rings is 1. The van der Waals surface area contributed by atoms with E-state index < -0.39 is 0 Å². The van der Waals surface area contributed by atoms with E-state index in [1.165, 1.54) is 25.7 Å². The number of carbonyl (C=O) groups excluding carboxylic acids is 2. The molecule has 0 aromatic carbocycles. The van der Waals surface area contributed by atoms with Crippen LogP contribution in [0.25, 0.3) is 0 Å². The Morgan fingerprint density at radius 2 is 1.65 bits per heavy atom. The summed E-state index contributed by atoms with van der Waals surface area (Å²) in [5.74, 6) is 0.980. The first-order valence-corrected chi connectivity index (χ1v) is 9.01.